The van der Waals surface area contributed by atoms with Crippen molar-refractivity contribution in [1.29, 1.82) is 5.26 Å². The summed E-state index contributed by atoms with van der Waals surface area (Å²) in [4.78, 5) is 13.4. The Morgan fingerprint density at radius 1 is 1.00 bits per heavy atom. The summed E-state index contributed by atoms with van der Waals surface area (Å²) in [5.41, 5.74) is 3.17. The quantitative estimate of drug-likeness (QED) is 0.349. The van der Waals surface area contributed by atoms with Gasteiger partial charge in [0.25, 0.3) is 5.56 Å². The molecule has 0 saturated carbocycles. The van der Waals surface area contributed by atoms with Gasteiger partial charge >= 0.3 is 0 Å². The molecule has 1 unspecified atom stereocenters. The van der Waals surface area contributed by atoms with Gasteiger partial charge in [-0.3, -0.25) is 9.36 Å². The Hall–Kier alpha value is -3.88. The summed E-state index contributed by atoms with van der Waals surface area (Å²) in [6, 6.07) is 27.9. The lowest BCUT2D eigenvalue weighted by Crippen LogP contribution is -2.31. The predicted octanol–water partition coefficient (Wildman–Crippen LogP) is 5.33. The standard InChI is InChI=1S/C29H29N3O2/c1-3-21(22-10-6-4-7-11-22)20-31-16-17-32-27(19-30)28(23-12-8-5-9-13-23)26-18-24(34-2)14-15-25(26)29(32)33/h4-15,18,21,31H,3,16-17,20H2,1-2H3. The molecule has 5 nitrogen and oxygen atoms in total. The summed E-state index contributed by atoms with van der Waals surface area (Å²) >= 11 is 0. The van der Waals surface area contributed by atoms with E-state index < -0.39 is 0 Å². The van der Waals surface area contributed by atoms with Crippen LogP contribution in [0.15, 0.2) is 83.7 Å². The number of nitrogens with one attached hydrogen (secondary N) is 1. The average molecular weight is 452 g/mol. The molecule has 4 aromatic rings. The Balaban J connectivity index is 1.68. The van der Waals surface area contributed by atoms with Crippen molar-refractivity contribution >= 4 is 10.8 Å². The molecule has 1 aromatic heterocycles. The number of fused-ring (bicyclic) bond motifs is 1. The molecule has 0 spiro atoms. The molecule has 1 heterocycles. The van der Waals surface area contributed by atoms with Crippen molar-refractivity contribution in [1.82, 2.24) is 9.88 Å². The van der Waals surface area contributed by atoms with Crippen molar-refractivity contribution in [3.8, 4) is 22.9 Å². The Labute approximate surface area is 200 Å². The van der Waals surface area contributed by atoms with Crippen LogP contribution in [0, 0.1) is 11.3 Å². The first-order valence-corrected chi connectivity index (χ1v) is 11.6. The van der Waals surface area contributed by atoms with E-state index in [2.05, 4.69) is 42.6 Å². The summed E-state index contributed by atoms with van der Waals surface area (Å²) < 4.78 is 7.01. The number of benzene rings is 3. The third-order valence-corrected chi connectivity index (χ3v) is 6.31. The lowest BCUT2D eigenvalue weighted by Gasteiger charge is -2.19. The van der Waals surface area contributed by atoms with Crippen molar-refractivity contribution < 1.29 is 4.74 Å². The van der Waals surface area contributed by atoms with Gasteiger partial charge in [0.2, 0.25) is 0 Å². The number of nitrogens with zero attached hydrogens (tertiary/aromatic N) is 2. The van der Waals surface area contributed by atoms with Crippen molar-refractivity contribution in [2.45, 2.75) is 25.8 Å². The zero-order valence-electron chi connectivity index (χ0n) is 19.6. The molecule has 0 aliphatic heterocycles. The fourth-order valence-corrected chi connectivity index (χ4v) is 4.47. The summed E-state index contributed by atoms with van der Waals surface area (Å²) in [6.45, 7) is 4.00. The summed E-state index contributed by atoms with van der Waals surface area (Å²) in [6.07, 6.45) is 1.02. The second-order valence-corrected chi connectivity index (χ2v) is 8.29. The van der Waals surface area contributed by atoms with Crippen LogP contribution < -0.4 is 15.6 Å². The smallest absolute Gasteiger partial charge is 0.259 e. The van der Waals surface area contributed by atoms with Crippen molar-refractivity contribution in [3.63, 3.8) is 0 Å². The molecule has 4 rings (SSSR count). The molecule has 0 aliphatic carbocycles. The van der Waals surface area contributed by atoms with Gasteiger partial charge in [-0.25, -0.2) is 0 Å². The highest BCUT2D eigenvalue weighted by atomic mass is 16.5. The molecule has 1 N–H and O–H groups in total. The Morgan fingerprint density at radius 3 is 2.35 bits per heavy atom. The van der Waals surface area contributed by atoms with Crippen LogP contribution in [-0.4, -0.2) is 24.8 Å². The van der Waals surface area contributed by atoms with Gasteiger partial charge in [-0.15, -0.1) is 0 Å². The summed E-state index contributed by atoms with van der Waals surface area (Å²) in [5.74, 6) is 1.05. The van der Waals surface area contributed by atoms with Gasteiger partial charge in [-0.2, -0.15) is 5.26 Å². The molecule has 1 atom stereocenters. The van der Waals surface area contributed by atoms with E-state index in [9.17, 15) is 10.1 Å². The molecule has 0 fully saturated rings. The fourth-order valence-electron chi connectivity index (χ4n) is 4.47. The van der Waals surface area contributed by atoms with E-state index in [-0.39, 0.29) is 5.56 Å². The molecule has 5 heteroatoms. The van der Waals surface area contributed by atoms with Crippen LogP contribution in [0.5, 0.6) is 5.75 Å². The summed E-state index contributed by atoms with van der Waals surface area (Å²) in [5, 5.41) is 14.9. The number of nitriles is 1. The topological polar surface area (TPSA) is 67.1 Å². The van der Waals surface area contributed by atoms with Crippen LogP contribution in [0.2, 0.25) is 0 Å². The van der Waals surface area contributed by atoms with Crippen molar-refractivity contribution in [3.05, 3.63) is 100 Å². The molecule has 0 amide bonds. The Bertz CT molecular complexity index is 1360. The third kappa shape index (κ3) is 4.73. The maximum Gasteiger partial charge on any atom is 0.259 e. The first-order valence-electron chi connectivity index (χ1n) is 11.6. The first-order chi connectivity index (χ1) is 16.7. The minimum absolute atomic E-state index is 0.161. The molecule has 3 aromatic carbocycles. The minimum Gasteiger partial charge on any atom is -0.497 e. The van der Waals surface area contributed by atoms with Gasteiger partial charge in [0.05, 0.1) is 7.11 Å². The molecular weight excluding hydrogens is 422 g/mol. The number of ether oxygens (including phenoxy) is 1. The molecule has 0 radical (unpaired) electrons. The second-order valence-electron chi connectivity index (χ2n) is 8.29. The van der Waals surface area contributed by atoms with Crippen LogP contribution in [0.3, 0.4) is 0 Å². The molecule has 172 valence electrons. The van der Waals surface area contributed by atoms with Crippen molar-refractivity contribution in [2.75, 3.05) is 20.2 Å². The number of hydrogen-bond acceptors (Lipinski definition) is 4. The van der Waals surface area contributed by atoms with Gasteiger partial charge in [0.1, 0.15) is 17.5 Å². The highest BCUT2D eigenvalue weighted by Crippen LogP contribution is 2.32. The van der Waals surface area contributed by atoms with Gasteiger partial charge in [-0.1, -0.05) is 67.6 Å². The lowest BCUT2D eigenvalue weighted by molar-refractivity contribution is 0.415. The molecule has 34 heavy (non-hydrogen) atoms. The van der Waals surface area contributed by atoms with Gasteiger partial charge in [-0.05, 0) is 41.7 Å². The second kappa shape index (κ2) is 10.8. The number of pyridine rings is 1. The maximum atomic E-state index is 13.4. The number of hydrogen-bond donors (Lipinski definition) is 1. The molecule has 0 aliphatic rings. The zero-order chi connectivity index (χ0) is 23.9. The molecular formula is C29H29N3O2. The highest BCUT2D eigenvalue weighted by molar-refractivity contribution is 5.99. The van der Waals surface area contributed by atoms with E-state index in [0.717, 1.165) is 29.5 Å². The van der Waals surface area contributed by atoms with Gasteiger partial charge < -0.3 is 10.1 Å². The van der Waals surface area contributed by atoms with E-state index in [1.807, 2.05) is 42.5 Å². The normalized spacial score (nSPS) is 11.8. The minimum atomic E-state index is -0.161. The van der Waals surface area contributed by atoms with Crippen LogP contribution in [0.25, 0.3) is 21.9 Å². The fraction of sp³-hybridized carbons (Fsp3) is 0.241. The maximum absolute atomic E-state index is 13.4. The number of methoxy groups -OCH3 is 1. The zero-order valence-corrected chi connectivity index (χ0v) is 19.6. The molecule has 0 saturated heterocycles. The summed E-state index contributed by atoms with van der Waals surface area (Å²) in [7, 11) is 1.60. The lowest BCUT2D eigenvalue weighted by atomic mass is 9.96. The van der Waals surface area contributed by atoms with E-state index in [1.54, 1.807) is 23.8 Å². The van der Waals surface area contributed by atoms with E-state index in [0.29, 0.717) is 35.8 Å². The van der Waals surface area contributed by atoms with Crippen LogP contribution in [-0.2, 0) is 6.54 Å². The average Bonchev–Trinajstić information content (AvgIpc) is 2.90. The third-order valence-electron chi connectivity index (χ3n) is 6.31. The van der Waals surface area contributed by atoms with E-state index >= 15 is 0 Å². The van der Waals surface area contributed by atoms with Gasteiger partial charge in [0, 0.05) is 36.0 Å². The largest absolute Gasteiger partial charge is 0.497 e. The predicted molar refractivity (Wildman–Crippen MR) is 137 cm³/mol. The van der Waals surface area contributed by atoms with Crippen molar-refractivity contribution in [2.24, 2.45) is 0 Å². The van der Waals surface area contributed by atoms with Crippen LogP contribution in [0.1, 0.15) is 30.5 Å². The Kier molecular flexibility index (Phi) is 7.41. The molecule has 0 bridgehead atoms. The monoisotopic (exact) mass is 451 g/mol. The van der Waals surface area contributed by atoms with E-state index in [1.165, 1.54) is 5.56 Å². The van der Waals surface area contributed by atoms with Crippen LogP contribution in [0.4, 0.5) is 0 Å². The highest BCUT2D eigenvalue weighted by Gasteiger charge is 2.19. The van der Waals surface area contributed by atoms with E-state index in [4.69, 9.17) is 4.74 Å². The SMILES string of the molecule is CCC(CNCCn1c(C#N)c(-c2ccccc2)c2cc(OC)ccc2c1=O)c1ccccc1. The van der Waals surface area contributed by atoms with Crippen LogP contribution >= 0.6 is 0 Å². The number of aromatic nitrogens is 1. The van der Waals surface area contributed by atoms with Gasteiger partial charge in [0.15, 0.2) is 0 Å². The number of rotatable bonds is 9. The first kappa shape index (κ1) is 23.3. The Morgan fingerprint density at radius 2 is 1.71 bits per heavy atom.